The first-order valence-electron chi connectivity index (χ1n) is 11.1. The van der Waals surface area contributed by atoms with Crippen molar-refractivity contribution in [3.63, 3.8) is 0 Å². The summed E-state index contributed by atoms with van der Waals surface area (Å²) in [6.45, 7) is 3.65. The van der Waals surface area contributed by atoms with Gasteiger partial charge in [0.15, 0.2) is 5.60 Å². The maximum Gasteiger partial charge on any atom is 0.167 e. The zero-order chi connectivity index (χ0) is 23.3. The topological polar surface area (TPSA) is 66.8 Å². The molecule has 9 heteroatoms. The van der Waals surface area contributed by atoms with Crippen LogP contribution in [0.3, 0.4) is 0 Å². The summed E-state index contributed by atoms with van der Waals surface area (Å²) < 4.78 is 30.9. The third-order valence-electron chi connectivity index (χ3n) is 5.97. The third-order valence-corrected chi connectivity index (χ3v) is 6.52. The molecular formula is C24H28Cl2FN3O3. The van der Waals surface area contributed by atoms with E-state index >= 15 is 0 Å². The molecule has 0 unspecified atom stereocenters. The van der Waals surface area contributed by atoms with E-state index in [-0.39, 0.29) is 5.02 Å². The molecule has 0 spiro atoms. The number of nitrogens with zero attached hydrogens (tertiary/aromatic N) is 1. The third kappa shape index (κ3) is 6.51. The quantitative estimate of drug-likeness (QED) is 0.387. The maximum atomic E-state index is 13.7. The van der Waals surface area contributed by atoms with Crippen LogP contribution in [0.5, 0.6) is 11.5 Å². The number of hydrogen-bond acceptors (Lipinski definition) is 5. The van der Waals surface area contributed by atoms with E-state index in [0.717, 1.165) is 31.7 Å². The van der Waals surface area contributed by atoms with Gasteiger partial charge >= 0.3 is 0 Å². The van der Waals surface area contributed by atoms with Crippen LogP contribution in [0.15, 0.2) is 42.5 Å². The van der Waals surface area contributed by atoms with E-state index in [0.29, 0.717) is 55.4 Å². The summed E-state index contributed by atoms with van der Waals surface area (Å²) in [5.74, 6) is 1.31. The summed E-state index contributed by atoms with van der Waals surface area (Å²) in [4.78, 5) is 2.11. The molecule has 0 aromatic heterocycles. The molecular weight excluding hydrogens is 468 g/mol. The molecule has 2 N–H and O–H groups in total. The van der Waals surface area contributed by atoms with Crippen LogP contribution in [0, 0.1) is 11.2 Å². The monoisotopic (exact) mass is 495 g/mol. The van der Waals surface area contributed by atoms with Gasteiger partial charge in [-0.2, -0.15) is 0 Å². The molecule has 0 bridgehead atoms. The molecule has 2 aliphatic heterocycles. The van der Waals surface area contributed by atoms with Gasteiger partial charge in [0.05, 0.1) is 30.7 Å². The van der Waals surface area contributed by atoms with Gasteiger partial charge < -0.3 is 24.4 Å². The van der Waals surface area contributed by atoms with Crippen LogP contribution in [0.4, 0.5) is 4.39 Å². The lowest BCUT2D eigenvalue weighted by Gasteiger charge is -2.43. The molecule has 2 aliphatic rings. The van der Waals surface area contributed by atoms with E-state index in [1.165, 1.54) is 12.1 Å². The van der Waals surface area contributed by atoms with Crippen LogP contribution >= 0.6 is 23.2 Å². The second kappa shape index (κ2) is 10.9. The Morgan fingerprint density at radius 3 is 2.45 bits per heavy atom. The Balaban J connectivity index is 1.17. The van der Waals surface area contributed by atoms with Crippen molar-refractivity contribution >= 4 is 29.0 Å². The number of amidine groups is 1. The van der Waals surface area contributed by atoms with E-state index in [1.54, 1.807) is 18.2 Å². The lowest BCUT2D eigenvalue weighted by atomic mass is 9.99. The fourth-order valence-corrected chi connectivity index (χ4v) is 4.20. The molecule has 2 heterocycles. The van der Waals surface area contributed by atoms with Gasteiger partial charge in [0.1, 0.15) is 17.3 Å². The zero-order valence-electron chi connectivity index (χ0n) is 18.3. The molecule has 2 aromatic carbocycles. The van der Waals surface area contributed by atoms with Crippen LogP contribution in [-0.2, 0) is 4.74 Å². The number of halogens is 3. The molecule has 4 rings (SSSR count). The average Bonchev–Trinajstić information content (AvgIpc) is 2.79. The van der Waals surface area contributed by atoms with Gasteiger partial charge in [0.25, 0.3) is 0 Å². The molecule has 2 fully saturated rings. The molecule has 2 aromatic rings. The average molecular weight is 496 g/mol. The molecule has 0 radical (unpaired) electrons. The van der Waals surface area contributed by atoms with Crippen LogP contribution in [0.2, 0.25) is 10.0 Å². The van der Waals surface area contributed by atoms with Crippen LogP contribution in [0.1, 0.15) is 19.3 Å². The SMILES string of the molecule is N=C(CCOc1ccc(Cl)cc1)N1CCC(NCC2(Oc3ccc(Cl)c(F)c3)COC2)CC1. The van der Waals surface area contributed by atoms with Gasteiger partial charge in [0, 0.05) is 43.2 Å². The molecule has 0 aliphatic carbocycles. The van der Waals surface area contributed by atoms with Crippen molar-refractivity contribution in [3.8, 4) is 11.5 Å². The highest BCUT2D eigenvalue weighted by Crippen LogP contribution is 2.28. The summed E-state index contributed by atoms with van der Waals surface area (Å²) in [7, 11) is 0. The Morgan fingerprint density at radius 1 is 1.12 bits per heavy atom. The number of rotatable bonds is 9. The molecule has 0 amide bonds. The number of piperidine rings is 1. The predicted molar refractivity (Wildman–Crippen MR) is 127 cm³/mol. The van der Waals surface area contributed by atoms with Crippen LogP contribution in [0.25, 0.3) is 0 Å². The molecule has 0 saturated carbocycles. The first kappa shape index (κ1) is 24.1. The van der Waals surface area contributed by atoms with Gasteiger partial charge in [-0.3, -0.25) is 5.41 Å². The van der Waals surface area contributed by atoms with E-state index < -0.39 is 11.4 Å². The molecule has 178 valence electrons. The summed E-state index contributed by atoms with van der Waals surface area (Å²) in [6, 6.07) is 12.1. The Labute approximate surface area is 203 Å². The number of nitrogens with one attached hydrogen (secondary N) is 2. The molecule has 33 heavy (non-hydrogen) atoms. The smallest absolute Gasteiger partial charge is 0.167 e. The normalized spacial score (nSPS) is 18.0. The van der Waals surface area contributed by atoms with E-state index in [1.807, 2.05) is 12.1 Å². The summed E-state index contributed by atoms with van der Waals surface area (Å²) in [6.07, 6.45) is 2.44. The van der Waals surface area contributed by atoms with Gasteiger partial charge in [-0.25, -0.2) is 4.39 Å². The number of hydrogen-bond donors (Lipinski definition) is 2. The summed E-state index contributed by atoms with van der Waals surface area (Å²) >= 11 is 11.6. The molecule has 0 atom stereocenters. The highest BCUT2D eigenvalue weighted by Gasteiger charge is 2.41. The highest BCUT2D eigenvalue weighted by molar-refractivity contribution is 6.30. The fraction of sp³-hybridized carbons (Fsp3) is 0.458. The van der Waals surface area contributed by atoms with Crippen molar-refractivity contribution in [2.24, 2.45) is 0 Å². The second-order valence-corrected chi connectivity index (χ2v) is 9.34. The number of likely N-dealkylation sites (tertiary alicyclic amines) is 1. The van der Waals surface area contributed by atoms with Crippen molar-refractivity contribution < 1.29 is 18.6 Å². The Morgan fingerprint density at radius 2 is 1.82 bits per heavy atom. The number of benzene rings is 2. The minimum atomic E-state index is -0.497. The summed E-state index contributed by atoms with van der Waals surface area (Å²) in [5.41, 5.74) is -0.497. The first-order valence-corrected chi connectivity index (χ1v) is 11.8. The highest BCUT2D eigenvalue weighted by atomic mass is 35.5. The van der Waals surface area contributed by atoms with Crippen molar-refractivity contribution in [2.45, 2.75) is 30.9 Å². The van der Waals surface area contributed by atoms with Crippen LogP contribution < -0.4 is 14.8 Å². The standard InChI is InChI=1S/C24H28Cl2FN3O3/c25-17-1-3-19(4-2-17)32-12-9-23(28)30-10-7-18(8-11-30)29-14-24(15-31-16-24)33-20-5-6-21(26)22(27)13-20/h1-6,13,18,28-29H,7-12,14-16H2. The largest absolute Gasteiger partial charge is 0.493 e. The van der Waals surface area contributed by atoms with Gasteiger partial charge in [0.2, 0.25) is 0 Å². The lowest BCUT2D eigenvalue weighted by molar-refractivity contribution is -0.159. The van der Waals surface area contributed by atoms with Crippen molar-refractivity contribution in [2.75, 3.05) is 39.5 Å². The van der Waals surface area contributed by atoms with Crippen LogP contribution in [-0.4, -0.2) is 61.8 Å². The van der Waals surface area contributed by atoms with E-state index in [9.17, 15) is 4.39 Å². The Hall–Kier alpha value is -2.06. The van der Waals surface area contributed by atoms with E-state index in [2.05, 4.69) is 10.2 Å². The van der Waals surface area contributed by atoms with Crippen molar-refractivity contribution in [1.29, 1.82) is 5.41 Å². The number of ether oxygens (including phenoxy) is 3. The summed E-state index contributed by atoms with van der Waals surface area (Å²) in [5, 5.41) is 12.7. The van der Waals surface area contributed by atoms with E-state index in [4.69, 9.17) is 42.8 Å². The van der Waals surface area contributed by atoms with Crippen molar-refractivity contribution in [3.05, 3.63) is 58.3 Å². The second-order valence-electron chi connectivity index (χ2n) is 8.50. The van der Waals surface area contributed by atoms with Gasteiger partial charge in [-0.05, 0) is 49.2 Å². The molecule has 6 nitrogen and oxygen atoms in total. The minimum Gasteiger partial charge on any atom is -0.493 e. The first-order chi connectivity index (χ1) is 15.9. The van der Waals surface area contributed by atoms with Gasteiger partial charge in [-0.15, -0.1) is 0 Å². The lowest BCUT2D eigenvalue weighted by Crippen LogP contribution is -2.62. The fourth-order valence-electron chi connectivity index (χ4n) is 3.96. The Kier molecular flexibility index (Phi) is 7.96. The minimum absolute atomic E-state index is 0.0771. The predicted octanol–water partition coefficient (Wildman–Crippen LogP) is 4.78. The Bertz CT molecular complexity index is 948. The molecule has 2 saturated heterocycles. The van der Waals surface area contributed by atoms with Crippen molar-refractivity contribution in [1.82, 2.24) is 10.2 Å². The zero-order valence-corrected chi connectivity index (χ0v) is 19.8. The van der Waals surface area contributed by atoms with Gasteiger partial charge in [-0.1, -0.05) is 23.2 Å². The maximum absolute atomic E-state index is 13.7.